The maximum atomic E-state index is 5.93. The van der Waals surface area contributed by atoms with Gasteiger partial charge in [0.05, 0.1) is 0 Å². The Morgan fingerprint density at radius 3 is 3.05 bits per heavy atom. The Morgan fingerprint density at radius 1 is 1.19 bits per heavy atom. The number of thioether (sulfide) groups is 1. The van der Waals surface area contributed by atoms with Crippen LogP contribution in [0, 0.1) is 0 Å². The van der Waals surface area contributed by atoms with Crippen LogP contribution in [0.5, 0.6) is 0 Å². The van der Waals surface area contributed by atoms with Crippen molar-refractivity contribution in [2.75, 3.05) is 29.5 Å². The standard InChI is InChI=1S/C18H20N2S/c19-15-7-8-17-13(10-15)4-3-9-20(17)11-14-12-21-18-6-2-1-5-16(14)18/h1-2,5-8,10,14H,3-4,9,11-12,19H2. The predicted molar refractivity (Wildman–Crippen MR) is 91.3 cm³/mol. The van der Waals surface area contributed by atoms with E-state index in [4.69, 9.17) is 5.73 Å². The lowest BCUT2D eigenvalue weighted by atomic mass is 9.96. The molecule has 108 valence electrons. The van der Waals surface area contributed by atoms with Crippen LogP contribution < -0.4 is 10.6 Å². The van der Waals surface area contributed by atoms with E-state index in [0.29, 0.717) is 5.92 Å². The molecule has 0 fully saturated rings. The molecule has 21 heavy (non-hydrogen) atoms. The molecule has 2 aromatic carbocycles. The number of hydrogen-bond donors (Lipinski definition) is 1. The largest absolute Gasteiger partial charge is 0.399 e. The summed E-state index contributed by atoms with van der Waals surface area (Å²) in [4.78, 5) is 4.03. The SMILES string of the molecule is Nc1ccc2c(c1)CCCN2CC1CSc2ccccc21. The predicted octanol–water partition coefficient (Wildman–Crippen LogP) is 3.91. The van der Waals surface area contributed by atoms with Crippen molar-refractivity contribution < 1.29 is 0 Å². The molecular weight excluding hydrogens is 276 g/mol. The van der Waals surface area contributed by atoms with Crippen molar-refractivity contribution in [3.8, 4) is 0 Å². The van der Waals surface area contributed by atoms with Gasteiger partial charge in [-0.25, -0.2) is 0 Å². The molecule has 0 aliphatic carbocycles. The molecule has 3 heteroatoms. The zero-order valence-corrected chi connectivity index (χ0v) is 12.9. The van der Waals surface area contributed by atoms with Crippen LogP contribution in [-0.2, 0) is 6.42 Å². The Kier molecular flexibility index (Phi) is 3.30. The fourth-order valence-electron chi connectivity index (χ4n) is 3.53. The molecular formula is C18H20N2S. The van der Waals surface area contributed by atoms with Crippen LogP contribution in [0.3, 0.4) is 0 Å². The van der Waals surface area contributed by atoms with Crippen molar-refractivity contribution in [2.45, 2.75) is 23.7 Å². The molecule has 0 saturated heterocycles. The molecule has 0 spiro atoms. The molecule has 0 saturated carbocycles. The Balaban J connectivity index is 1.60. The van der Waals surface area contributed by atoms with Gasteiger partial charge in [-0.1, -0.05) is 18.2 Å². The second-order valence-corrected chi connectivity index (χ2v) is 7.05. The van der Waals surface area contributed by atoms with Crippen LogP contribution in [-0.4, -0.2) is 18.8 Å². The molecule has 4 rings (SSSR count). The summed E-state index contributed by atoms with van der Waals surface area (Å²) in [7, 11) is 0. The van der Waals surface area contributed by atoms with E-state index < -0.39 is 0 Å². The number of benzene rings is 2. The van der Waals surface area contributed by atoms with Crippen molar-refractivity contribution in [1.82, 2.24) is 0 Å². The van der Waals surface area contributed by atoms with Crippen LogP contribution >= 0.6 is 11.8 Å². The number of nitrogens with two attached hydrogens (primary N) is 1. The summed E-state index contributed by atoms with van der Waals surface area (Å²) >= 11 is 2.00. The van der Waals surface area contributed by atoms with Crippen LogP contribution in [0.1, 0.15) is 23.5 Å². The third-order valence-corrected chi connectivity index (χ3v) is 5.81. The fourth-order valence-corrected chi connectivity index (χ4v) is 4.77. The highest BCUT2D eigenvalue weighted by Gasteiger charge is 2.26. The molecule has 0 aromatic heterocycles. The monoisotopic (exact) mass is 296 g/mol. The molecule has 1 unspecified atom stereocenters. The summed E-state index contributed by atoms with van der Waals surface area (Å²) < 4.78 is 0. The van der Waals surface area contributed by atoms with Crippen molar-refractivity contribution >= 4 is 23.1 Å². The summed E-state index contributed by atoms with van der Waals surface area (Å²) in [6.45, 7) is 2.29. The number of nitrogens with zero attached hydrogens (tertiary/aromatic N) is 1. The van der Waals surface area contributed by atoms with Crippen molar-refractivity contribution in [1.29, 1.82) is 0 Å². The molecule has 0 bridgehead atoms. The van der Waals surface area contributed by atoms with Gasteiger partial charge in [0.2, 0.25) is 0 Å². The number of rotatable bonds is 2. The van der Waals surface area contributed by atoms with Gasteiger partial charge in [0.1, 0.15) is 0 Å². The first-order valence-corrected chi connectivity index (χ1v) is 8.65. The minimum atomic E-state index is 0.648. The lowest BCUT2D eigenvalue weighted by Gasteiger charge is -2.33. The number of aryl methyl sites for hydroxylation is 1. The Morgan fingerprint density at radius 2 is 2.10 bits per heavy atom. The van der Waals surface area contributed by atoms with Gasteiger partial charge in [-0.3, -0.25) is 0 Å². The number of anilines is 2. The molecule has 0 radical (unpaired) electrons. The molecule has 2 aliphatic rings. The summed E-state index contributed by atoms with van der Waals surface area (Å²) in [5, 5.41) is 0. The Hall–Kier alpha value is -1.61. The highest BCUT2D eigenvalue weighted by atomic mass is 32.2. The minimum Gasteiger partial charge on any atom is -0.399 e. The smallest absolute Gasteiger partial charge is 0.0400 e. The highest BCUT2D eigenvalue weighted by molar-refractivity contribution is 7.99. The molecule has 0 amide bonds. The highest BCUT2D eigenvalue weighted by Crippen LogP contribution is 2.41. The molecule has 2 aliphatic heterocycles. The van der Waals surface area contributed by atoms with Crippen LogP contribution in [0.4, 0.5) is 11.4 Å². The average molecular weight is 296 g/mol. The van der Waals surface area contributed by atoms with Crippen molar-refractivity contribution in [3.05, 3.63) is 53.6 Å². The lowest BCUT2D eigenvalue weighted by Crippen LogP contribution is -2.33. The number of nitrogen functional groups attached to an aromatic ring is 1. The Bertz CT molecular complexity index is 668. The van der Waals surface area contributed by atoms with Gasteiger partial charge in [-0.05, 0) is 48.2 Å². The first-order chi connectivity index (χ1) is 10.3. The maximum Gasteiger partial charge on any atom is 0.0400 e. The van der Waals surface area contributed by atoms with E-state index in [9.17, 15) is 0 Å². The van der Waals surface area contributed by atoms with Gasteiger partial charge in [-0.15, -0.1) is 11.8 Å². The fraction of sp³-hybridized carbons (Fsp3) is 0.333. The molecule has 2 aromatic rings. The van der Waals surface area contributed by atoms with E-state index in [1.807, 2.05) is 17.8 Å². The Labute approximate surface area is 130 Å². The number of fused-ring (bicyclic) bond motifs is 2. The molecule has 2 N–H and O–H groups in total. The summed E-state index contributed by atoms with van der Waals surface area (Å²) in [5.74, 6) is 1.86. The average Bonchev–Trinajstić information content (AvgIpc) is 2.91. The zero-order chi connectivity index (χ0) is 14.2. The van der Waals surface area contributed by atoms with E-state index in [0.717, 1.165) is 18.7 Å². The van der Waals surface area contributed by atoms with Gasteiger partial charge in [-0.2, -0.15) is 0 Å². The van der Waals surface area contributed by atoms with Gasteiger partial charge in [0.15, 0.2) is 0 Å². The summed E-state index contributed by atoms with van der Waals surface area (Å²) in [5.41, 5.74) is 11.2. The zero-order valence-electron chi connectivity index (χ0n) is 12.1. The maximum absolute atomic E-state index is 5.93. The van der Waals surface area contributed by atoms with Crippen LogP contribution in [0.15, 0.2) is 47.4 Å². The lowest BCUT2D eigenvalue weighted by molar-refractivity contribution is 0.645. The van der Waals surface area contributed by atoms with Gasteiger partial charge >= 0.3 is 0 Å². The second-order valence-electron chi connectivity index (χ2n) is 5.98. The first kappa shape index (κ1) is 13.1. The van der Waals surface area contributed by atoms with E-state index >= 15 is 0 Å². The van der Waals surface area contributed by atoms with Gasteiger partial charge in [0, 0.05) is 41.0 Å². The second kappa shape index (κ2) is 5.30. The normalized spacial score (nSPS) is 20.2. The third kappa shape index (κ3) is 2.40. The summed E-state index contributed by atoms with van der Waals surface area (Å²) in [6.07, 6.45) is 2.39. The van der Waals surface area contributed by atoms with Gasteiger partial charge in [0.25, 0.3) is 0 Å². The first-order valence-electron chi connectivity index (χ1n) is 7.66. The van der Waals surface area contributed by atoms with Crippen molar-refractivity contribution in [3.63, 3.8) is 0 Å². The van der Waals surface area contributed by atoms with Crippen LogP contribution in [0.25, 0.3) is 0 Å². The quantitative estimate of drug-likeness (QED) is 0.852. The van der Waals surface area contributed by atoms with Gasteiger partial charge < -0.3 is 10.6 Å². The molecule has 1 atom stereocenters. The number of hydrogen-bond acceptors (Lipinski definition) is 3. The van der Waals surface area contributed by atoms with E-state index in [1.54, 1.807) is 0 Å². The van der Waals surface area contributed by atoms with E-state index in [2.05, 4.69) is 41.3 Å². The molecule has 2 heterocycles. The topological polar surface area (TPSA) is 29.3 Å². The molecule has 2 nitrogen and oxygen atoms in total. The minimum absolute atomic E-state index is 0.648. The summed E-state index contributed by atoms with van der Waals surface area (Å²) in [6, 6.07) is 15.3. The van der Waals surface area contributed by atoms with E-state index in [-0.39, 0.29) is 0 Å². The van der Waals surface area contributed by atoms with E-state index in [1.165, 1.54) is 40.4 Å². The van der Waals surface area contributed by atoms with Crippen LogP contribution in [0.2, 0.25) is 0 Å². The van der Waals surface area contributed by atoms with Crippen molar-refractivity contribution in [2.24, 2.45) is 0 Å². The third-order valence-electron chi connectivity index (χ3n) is 4.56.